The Bertz CT molecular complexity index is 644. The molecule has 8 heteroatoms. The Morgan fingerprint density at radius 3 is 2.67 bits per heavy atom. The van der Waals surface area contributed by atoms with E-state index in [1.54, 1.807) is 0 Å². The first-order chi connectivity index (χ1) is 9.81. The summed E-state index contributed by atoms with van der Waals surface area (Å²) in [6.07, 6.45) is 2.34. The normalized spacial score (nSPS) is 15.4. The average molecular weight is 377 g/mol. The van der Waals surface area contributed by atoms with E-state index < -0.39 is 16.0 Å². The third-order valence-electron chi connectivity index (χ3n) is 3.40. The van der Waals surface area contributed by atoms with Crippen LogP contribution in [0.3, 0.4) is 0 Å². The molecule has 0 amide bonds. The van der Waals surface area contributed by atoms with E-state index in [2.05, 4.69) is 25.6 Å². The van der Waals surface area contributed by atoms with E-state index in [0.29, 0.717) is 19.1 Å². The van der Waals surface area contributed by atoms with Gasteiger partial charge in [0.1, 0.15) is 0 Å². The fraction of sp³-hybridized carbons (Fsp3) is 0.462. The number of carbonyl (C=O) groups is 1. The van der Waals surface area contributed by atoms with Crippen molar-refractivity contribution in [3.63, 3.8) is 0 Å². The van der Waals surface area contributed by atoms with E-state index in [9.17, 15) is 13.2 Å². The van der Waals surface area contributed by atoms with Crippen LogP contribution in [0, 0.1) is 0 Å². The Balaban J connectivity index is 2.02. The SMILES string of the molecule is CN(CCNS(=O)(=O)c1ccc(C(=O)O)cc1Br)C1CC1. The second kappa shape index (κ2) is 6.43. The van der Waals surface area contributed by atoms with Crippen LogP contribution in [0.1, 0.15) is 23.2 Å². The molecule has 0 atom stereocenters. The molecule has 0 spiro atoms. The Morgan fingerprint density at radius 1 is 1.48 bits per heavy atom. The highest BCUT2D eigenvalue weighted by Gasteiger charge is 2.26. The molecular formula is C13H17BrN2O4S. The molecule has 1 aromatic carbocycles. The Morgan fingerprint density at radius 2 is 2.14 bits per heavy atom. The second-order valence-corrected chi connectivity index (χ2v) is 7.65. The Labute approximate surface area is 132 Å². The quantitative estimate of drug-likeness (QED) is 0.753. The Hall–Kier alpha value is -0.960. The maximum absolute atomic E-state index is 12.2. The third-order valence-corrected chi connectivity index (χ3v) is 5.83. The van der Waals surface area contributed by atoms with E-state index in [-0.39, 0.29) is 14.9 Å². The number of nitrogens with one attached hydrogen (secondary N) is 1. The van der Waals surface area contributed by atoms with Crippen molar-refractivity contribution in [1.29, 1.82) is 0 Å². The van der Waals surface area contributed by atoms with Gasteiger partial charge in [-0.1, -0.05) is 0 Å². The lowest BCUT2D eigenvalue weighted by molar-refractivity contribution is 0.0696. The van der Waals surface area contributed by atoms with Gasteiger partial charge in [-0.25, -0.2) is 17.9 Å². The van der Waals surface area contributed by atoms with Gasteiger partial charge in [0, 0.05) is 23.6 Å². The number of sulfonamides is 1. The number of halogens is 1. The summed E-state index contributed by atoms with van der Waals surface area (Å²) in [6, 6.07) is 4.43. The van der Waals surface area contributed by atoms with E-state index in [4.69, 9.17) is 5.11 Å². The first-order valence-electron chi connectivity index (χ1n) is 6.54. The average Bonchev–Trinajstić information content (AvgIpc) is 3.22. The first-order valence-corrected chi connectivity index (χ1v) is 8.81. The van der Waals surface area contributed by atoms with E-state index in [1.165, 1.54) is 31.0 Å². The van der Waals surface area contributed by atoms with Gasteiger partial charge in [-0.15, -0.1) is 0 Å². The van der Waals surface area contributed by atoms with Crippen molar-refractivity contribution in [3.8, 4) is 0 Å². The second-order valence-electron chi connectivity index (χ2n) is 5.06. The maximum atomic E-state index is 12.2. The number of hydrogen-bond donors (Lipinski definition) is 2. The van der Waals surface area contributed by atoms with Gasteiger partial charge in [0.25, 0.3) is 0 Å². The summed E-state index contributed by atoms with van der Waals surface area (Å²) in [7, 11) is -1.68. The molecule has 0 heterocycles. The van der Waals surface area contributed by atoms with Crippen molar-refractivity contribution in [2.75, 3.05) is 20.1 Å². The molecule has 1 saturated carbocycles. The van der Waals surface area contributed by atoms with Crippen molar-refractivity contribution in [2.24, 2.45) is 0 Å². The summed E-state index contributed by atoms with van der Waals surface area (Å²) in [5.74, 6) is -1.10. The molecule has 116 valence electrons. The third kappa shape index (κ3) is 4.26. The standard InChI is InChI=1S/C13H17BrN2O4S/c1-16(10-3-4-10)7-6-15-21(19,20)12-5-2-9(13(17)18)8-11(12)14/h2,5,8,10,15H,3-4,6-7H2,1H3,(H,17,18). The van der Waals surface area contributed by atoms with Crippen molar-refractivity contribution in [1.82, 2.24) is 9.62 Å². The molecule has 0 radical (unpaired) electrons. The van der Waals surface area contributed by atoms with Crippen LogP contribution >= 0.6 is 15.9 Å². The zero-order valence-electron chi connectivity index (χ0n) is 11.5. The molecule has 1 aromatic rings. The number of carboxylic acids is 1. The van der Waals surface area contributed by atoms with Crippen LogP contribution in [0.25, 0.3) is 0 Å². The summed E-state index contributed by atoms with van der Waals surface area (Å²) >= 11 is 3.11. The first kappa shape index (κ1) is 16.4. The lowest BCUT2D eigenvalue weighted by Gasteiger charge is -2.16. The van der Waals surface area contributed by atoms with Gasteiger partial charge in [-0.05, 0) is 54.0 Å². The van der Waals surface area contributed by atoms with Crippen LogP contribution in [0.4, 0.5) is 0 Å². The number of benzene rings is 1. The van der Waals surface area contributed by atoms with Crippen LogP contribution in [0.15, 0.2) is 27.6 Å². The number of aromatic carboxylic acids is 1. The molecule has 6 nitrogen and oxygen atoms in total. The minimum absolute atomic E-state index is 0.0364. The lowest BCUT2D eigenvalue weighted by atomic mass is 10.2. The van der Waals surface area contributed by atoms with Crippen molar-refractivity contribution < 1.29 is 18.3 Å². The smallest absolute Gasteiger partial charge is 0.335 e. The van der Waals surface area contributed by atoms with E-state index >= 15 is 0 Å². The molecule has 0 unspecified atom stereocenters. The number of carboxylic acid groups (broad SMARTS) is 1. The van der Waals surface area contributed by atoms with Gasteiger partial charge in [-0.2, -0.15) is 0 Å². The van der Waals surface area contributed by atoms with Crippen LogP contribution in [0.5, 0.6) is 0 Å². The largest absolute Gasteiger partial charge is 0.478 e. The van der Waals surface area contributed by atoms with E-state index in [1.807, 2.05) is 7.05 Å². The molecule has 21 heavy (non-hydrogen) atoms. The number of hydrogen-bond acceptors (Lipinski definition) is 4. The Kier molecular flexibility index (Phi) is 5.03. The zero-order valence-corrected chi connectivity index (χ0v) is 13.9. The highest BCUT2D eigenvalue weighted by molar-refractivity contribution is 9.10. The van der Waals surface area contributed by atoms with Gasteiger partial charge < -0.3 is 10.0 Å². The molecule has 1 aliphatic rings. The van der Waals surface area contributed by atoms with Gasteiger partial charge in [0.05, 0.1) is 10.5 Å². The van der Waals surface area contributed by atoms with E-state index in [0.717, 1.165) is 0 Å². The fourth-order valence-electron chi connectivity index (χ4n) is 1.98. The molecule has 1 fully saturated rings. The molecule has 1 aliphatic carbocycles. The van der Waals surface area contributed by atoms with Crippen LogP contribution in [-0.4, -0.2) is 50.6 Å². The van der Waals surface area contributed by atoms with Crippen molar-refractivity contribution in [2.45, 2.75) is 23.8 Å². The van der Waals surface area contributed by atoms with Crippen LogP contribution < -0.4 is 4.72 Å². The summed E-state index contributed by atoms with van der Waals surface area (Å²) < 4.78 is 27.2. The fourth-order valence-corrected chi connectivity index (χ4v) is 4.08. The number of likely N-dealkylation sites (N-methyl/N-ethyl adjacent to an activating group) is 1. The number of rotatable bonds is 7. The summed E-state index contributed by atoms with van der Waals surface area (Å²) in [4.78, 5) is 13.0. The summed E-state index contributed by atoms with van der Waals surface area (Å²) in [5, 5.41) is 8.87. The minimum Gasteiger partial charge on any atom is -0.478 e. The predicted octanol–water partition coefficient (Wildman–Crippen LogP) is 1.52. The van der Waals surface area contributed by atoms with Crippen molar-refractivity contribution >= 4 is 31.9 Å². The van der Waals surface area contributed by atoms with Crippen LogP contribution in [0.2, 0.25) is 0 Å². The maximum Gasteiger partial charge on any atom is 0.335 e. The molecule has 0 saturated heterocycles. The monoisotopic (exact) mass is 376 g/mol. The molecule has 0 aliphatic heterocycles. The summed E-state index contributed by atoms with van der Waals surface area (Å²) in [5.41, 5.74) is 0.0364. The molecule has 0 aromatic heterocycles. The number of nitrogens with zero attached hydrogens (tertiary/aromatic N) is 1. The molecule has 2 N–H and O–H groups in total. The highest BCUT2D eigenvalue weighted by atomic mass is 79.9. The van der Waals surface area contributed by atoms with Crippen molar-refractivity contribution in [3.05, 3.63) is 28.2 Å². The highest BCUT2D eigenvalue weighted by Crippen LogP contribution is 2.25. The predicted molar refractivity (Wildman–Crippen MR) is 81.9 cm³/mol. The molecule has 2 rings (SSSR count). The molecular weight excluding hydrogens is 360 g/mol. The van der Waals surface area contributed by atoms with Crippen LogP contribution in [-0.2, 0) is 10.0 Å². The van der Waals surface area contributed by atoms with Gasteiger partial charge >= 0.3 is 5.97 Å². The van der Waals surface area contributed by atoms with Gasteiger partial charge in [-0.3, -0.25) is 0 Å². The topological polar surface area (TPSA) is 86.7 Å². The summed E-state index contributed by atoms with van der Waals surface area (Å²) in [6.45, 7) is 0.969. The molecule has 0 bridgehead atoms. The van der Waals surface area contributed by atoms with Gasteiger partial charge in [0.2, 0.25) is 10.0 Å². The zero-order chi connectivity index (χ0) is 15.6. The van der Waals surface area contributed by atoms with Gasteiger partial charge in [0.15, 0.2) is 0 Å². The minimum atomic E-state index is -3.65. The lowest BCUT2D eigenvalue weighted by Crippen LogP contribution is -2.34.